The number of benzene rings is 1. The lowest BCUT2D eigenvalue weighted by Crippen LogP contribution is -2.48. The number of aromatic carboxylic acids is 1. The van der Waals surface area contributed by atoms with Gasteiger partial charge >= 0.3 is 5.97 Å². The van der Waals surface area contributed by atoms with Gasteiger partial charge in [-0.1, -0.05) is 23.2 Å². The maximum atomic E-state index is 13.2. The Hall–Kier alpha value is -3.67. The van der Waals surface area contributed by atoms with Gasteiger partial charge in [-0.05, 0) is 37.1 Å². The third-order valence-electron chi connectivity index (χ3n) is 7.71. The Kier molecular flexibility index (Phi) is 7.58. The van der Waals surface area contributed by atoms with Gasteiger partial charge in [-0.2, -0.15) is 5.10 Å². The number of alkyl halides is 1. The molecule has 2 saturated heterocycles. The summed E-state index contributed by atoms with van der Waals surface area (Å²) in [6.07, 6.45) is 8.16. The summed E-state index contributed by atoms with van der Waals surface area (Å²) >= 11 is 13.0. The second-order valence-corrected chi connectivity index (χ2v) is 11.1. The van der Waals surface area contributed by atoms with Crippen molar-refractivity contribution in [2.45, 2.75) is 24.9 Å². The van der Waals surface area contributed by atoms with Gasteiger partial charge in [0.05, 0.1) is 40.2 Å². The fourth-order valence-corrected chi connectivity index (χ4v) is 6.01. The summed E-state index contributed by atoms with van der Waals surface area (Å²) in [4.78, 5) is 33.5. The number of aromatic nitrogens is 4. The van der Waals surface area contributed by atoms with Crippen LogP contribution < -0.4 is 15.1 Å². The van der Waals surface area contributed by atoms with Crippen molar-refractivity contribution in [3.63, 3.8) is 0 Å². The topological polar surface area (TPSA) is 106 Å². The molecule has 41 heavy (non-hydrogen) atoms. The standard InChI is InChI=1S/C28H27Cl2FN6O4/c29-22-4-1-6-32-27(22)41-16-17-3-2-7-35(17)25-10-24-20(9-23(25)30)26(38)21(28(39)40)15-36(24)18-11-33-37(14-18)19-12-34(13-19)8-5-31/h1,4,6,9-11,14-15,17,19H,2-3,5,7-8,12-13,16H2,(H,39,40)/t17-/m1/s1. The van der Waals surface area contributed by atoms with E-state index in [9.17, 15) is 19.1 Å². The largest absolute Gasteiger partial charge is 0.477 e. The second-order valence-electron chi connectivity index (χ2n) is 10.2. The minimum atomic E-state index is -1.33. The average Bonchev–Trinajstić information content (AvgIpc) is 3.60. The monoisotopic (exact) mass is 600 g/mol. The summed E-state index contributed by atoms with van der Waals surface area (Å²) in [5.74, 6) is -0.971. The SMILES string of the molecule is O=C(O)c1cn(-c2cnn(C3CN(CCF)C3)c2)c2cc(N3CCC[C@@H]3COc3ncccc3Cl)c(Cl)cc2c1=O. The van der Waals surface area contributed by atoms with Crippen molar-refractivity contribution in [3.05, 3.63) is 74.9 Å². The first-order valence-corrected chi connectivity index (χ1v) is 14.0. The lowest BCUT2D eigenvalue weighted by atomic mass is 10.1. The van der Waals surface area contributed by atoms with Gasteiger partial charge in [0.25, 0.3) is 0 Å². The molecule has 2 fully saturated rings. The highest BCUT2D eigenvalue weighted by atomic mass is 35.5. The Bertz CT molecular complexity index is 1670. The van der Waals surface area contributed by atoms with Gasteiger partial charge in [-0.15, -0.1) is 0 Å². The van der Waals surface area contributed by atoms with Crippen molar-refractivity contribution in [1.82, 2.24) is 24.2 Å². The van der Waals surface area contributed by atoms with Gasteiger partial charge in [0.1, 0.15) is 23.9 Å². The first-order valence-electron chi connectivity index (χ1n) is 13.3. The molecule has 0 bridgehead atoms. The number of carbonyl (C=O) groups is 1. The summed E-state index contributed by atoms with van der Waals surface area (Å²) in [7, 11) is 0. The summed E-state index contributed by atoms with van der Waals surface area (Å²) < 4.78 is 22.1. The molecule has 0 unspecified atom stereocenters. The molecule has 214 valence electrons. The van der Waals surface area contributed by atoms with Crippen molar-refractivity contribution in [2.24, 2.45) is 0 Å². The molecular formula is C28H27Cl2FN6O4. The highest BCUT2D eigenvalue weighted by Crippen LogP contribution is 2.36. The van der Waals surface area contributed by atoms with Crippen LogP contribution in [0.25, 0.3) is 16.6 Å². The third-order valence-corrected chi connectivity index (χ3v) is 8.30. The van der Waals surface area contributed by atoms with Crippen LogP contribution in [0.15, 0.2) is 53.8 Å². The summed E-state index contributed by atoms with van der Waals surface area (Å²) in [6, 6.07) is 6.87. The number of pyridine rings is 2. The second kappa shape index (κ2) is 11.3. The molecule has 0 saturated carbocycles. The average molecular weight is 601 g/mol. The van der Waals surface area contributed by atoms with Crippen LogP contribution in [-0.2, 0) is 0 Å². The molecule has 13 heteroatoms. The molecule has 2 aliphatic rings. The Morgan fingerprint density at radius 1 is 1.20 bits per heavy atom. The van der Waals surface area contributed by atoms with E-state index >= 15 is 0 Å². The van der Waals surface area contributed by atoms with E-state index in [1.165, 1.54) is 12.3 Å². The molecule has 0 spiro atoms. The van der Waals surface area contributed by atoms with Crippen LogP contribution in [0, 0.1) is 0 Å². The smallest absolute Gasteiger partial charge is 0.341 e. The number of anilines is 1. The molecule has 2 aliphatic heterocycles. The predicted molar refractivity (Wildman–Crippen MR) is 154 cm³/mol. The van der Waals surface area contributed by atoms with Crippen LogP contribution in [0.4, 0.5) is 10.1 Å². The van der Waals surface area contributed by atoms with Gasteiger partial charge < -0.3 is 19.3 Å². The molecule has 0 aliphatic carbocycles. The highest BCUT2D eigenvalue weighted by Gasteiger charge is 2.30. The van der Waals surface area contributed by atoms with E-state index in [-0.39, 0.29) is 23.0 Å². The first-order chi connectivity index (χ1) is 19.8. The number of nitrogens with zero attached hydrogens (tertiary/aromatic N) is 6. The summed E-state index contributed by atoms with van der Waals surface area (Å²) in [5.41, 5.74) is 0.830. The van der Waals surface area contributed by atoms with Gasteiger partial charge in [0.15, 0.2) is 0 Å². The molecule has 5 heterocycles. The fourth-order valence-electron chi connectivity index (χ4n) is 5.56. The Labute approximate surface area is 244 Å². The number of fused-ring (bicyclic) bond motifs is 1. The van der Waals surface area contributed by atoms with Gasteiger partial charge in [-0.25, -0.2) is 14.2 Å². The Balaban J connectivity index is 1.37. The maximum Gasteiger partial charge on any atom is 0.341 e. The number of halogens is 3. The minimum absolute atomic E-state index is 0.0184. The number of hydrogen-bond donors (Lipinski definition) is 1. The number of likely N-dealkylation sites (tertiary alicyclic amines) is 1. The zero-order valence-electron chi connectivity index (χ0n) is 21.9. The van der Waals surface area contributed by atoms with E-state index in [2.05, 4.69) is 15.0 Å². The normalized spacial score (nSPS) is 17.7. The van der Waals surface area contributed by atoms with Gasteiger partial charge in [0.2, 0.25) is 11.3 Å². The van der Waals surface area contributed by atoms with E-state index in [1.54, 1.807) is 33.8 Å². The van der Waals surface area contributed by atoms with Gasteiger partial charge in [-0.3, -0.25) is 14.4 Å². The molecule has 0 amide bonds. The van der Waals surface area contributed by atoms with E-state index < -0.39 is 18.1 Å². The molecule has 0 radical (unpaired) electrons. The van der Waals surface area contributed by atoms with Crippen LogP contribution in [0.3, 0.4) is 0 Å². The van der Waals surface area contributed by atoms with Crippen molar-refractivity contribution in [1.29, 1.82) is 0 Å². The van der Waals surface area contributed by atoms with Crippen LogP contribution in [0.2, 0.25) is 10.0 Å². The molecule has 6 rings (SSSR count). The zero-order valence-corrected chi connectivity index (χ0v) is 23.4. The number of carboxylic acids is 1. The van der Waals surface area contributed by atoms with Crippen LogP contribution >= 0.6 is 23.2 Å². The highest BCUT2D eigenvalue weighted by molar-refractivity contribution is 6.34. The summed E-state index contributed by atoms with van der Waals surface area (Å²) in [5, 5.41) is 15.2. The van der Waals surface area contributed by atoms with Gasteiger partial charge in [0, 0.05) is 50.2 Å². The Morgan fingerprint density at radius 3 is 2.78 bits per heavy atom. The molecule has 1 atom stereocenters. The van der Waals surface area contributed by atoms with E-state index in [4.69, 9.17) is 27.9 Å². The molecule has 10 nitrogen and oxygen atoms in total. The maximum absolute atomic E-state index is 13.2. The van der Waals surface area contributed by atoms with Crippen molar-refractivity contribution >= 4 is 45.8 Å². The molecular weight excluding hydrogens is 574 g/mol. The van der Waals surface area contributed by atoms with E-state index in [0.717, 1.165) is 19.4 Å². The molecule has 1 N–H and O–H groups in total. The van der Waals surface area contributed by atoms with Crippen LogP contribution in [0.5, 0.6) is 5.88 Å². The number of rotatable bonds is 9. The third kappa shape index (κ3) is 5.25. The fraction of sp³-hybridized carbons (Fsp3) is 0.357. The van der Waals surface area contributed by atoms with Crippen LogP contribution in [-0.4, -0.2) is 80.8 Å². The van der Waals surface area contributed by atoms with Crippen molar-refractivity contribution < 1.29 is 19.0 Å². The minimum Gasteiger partial charge on any atom is -0.477 e. The lowest BCUT2D eigenvalue weighted by Gasteiger charge is -2.38. The molecule has 3 aromatic heterocycles. The predicted octanol–water partition coefficient (Wildman–Crippen LogP) is 4.46. The van der Waals surface area contributed by atoms with Crippen molar-refractivity contribution in [2.75, 3.05) is 44.4 Å². The number of carboxylic acid groups (broad SMARTS) is 1. The van der Waals surface area contributed by atoms with Crippen LogP contribution in [0.1, 0.15) is 29.2 Å². The van der Waals surface area contributed by atoms with E-state index in [1.807, 2.05) is 17.2 Å². The molecule has 1 aromatic carbocycles. The lowest BCUT2D eigenvalue weighted by molar-refractivity contribution is 0.0695. The zero-order chi connectivity index (χ0) is 28.7. The van der Waals surface area contributed by atoms with Crippen molar-refractivity contribution in [3.8, 4) is 11.6 Å². The summed E-state index contributed by atoms with van der Waals surface area (Å²) in [6.45, 7) is 2.41. The first kappa shape index (κ1) is 27.5. The number of hydrogen-bond acceptors (Lipinski definition) is 7. The Morgan fingerprint density at radius 2 is 2.02 bits per heavy atom. The molecule has 4 aromatic rings. The number of ether oxygens (including phenoxy) is 1. The quantitative estimate of drug-likeness (QED) is 0.300. The van der Waals surface area contributed by atoms with E-state index in [0.29, 0.717) is 59.1 Å².